The second-order valence-corrected chi connectivity index (χ2v) is 9.34. The lowest BCUT2D eigenvalue weighted by Crippen LogP contribution is -2.26. The fourth-order valence-electron chi connectivity index (χ4n) is 5.63. The van der Waals surface area contributed by atoms with Crippen molar-refractivity contribution in [3.63, 3.8) is 0 Å². The number of carbonyl (C=O) groups excluding carboxylic acids is 1. The van der Waals surface area contributed by atoms with Crippen LogP contribution in [0.1, 0.15) is 99.5 Å². The molecule has 0 aliphatic heterocycles. The summed E-state index contributed by atoms with van der Waals surface area (Å²) in [4.78, 5) is 17.6. The van der Waals surface area contributed by atoms with E-state index < -0.39 is 0 Å². The van der Waals surface area contributed by atoms with Crippen molar-refractivity contribution in [1.29, 1.82) is 0 Å². The van der Waals surface area contributed by atoms with Crippen molar-refractivity contribution >= 4 is 16.8 Å². The molecule has 1 amide bonds. The first-order valence-corrected chi connectivity index (χ1v) is 11.9. The van der Waals surface area contributed by atoms with E-state index in [2.05, 4.69) is 36.5 Å². The van der Waals surface area contributed by atoms with E-state index in [-0.39, 0.29) is 5.91 Å². The Morgan fingerprint density at radius 1 is 1.03 bits per heavy atom. The van der Waals surface area contributed by atoms with Crippen LogP contribution in [0.25, 0.3) is 10.9 Å². The fourth-order valence-corrected chi connectivity index (χ4v) is 5.63. The van der Waals surface area contributed by atoms with Crippen LogP contribution in [0.4, 0.5) is 0 Å². The van der Waals surface area contributed by atoms with Gasteiger partial charge in [-0.3, -0.25) is 4.79 Å². The summed E-state index contributed by atoms with van der Waals surface area (Å²) in [5.41, 5.74) is 2.94. The summed E-state index contributed by atoms with van der Waals surface area (Å²) in [7, 11) is 0. The molecule has 0 saturated heterocycles. The molecule has 0 atom stereocenters. The molecule has 3 aliphatic rings. The van der Waals surface area contributed by atoms with Crippen LogP contribution in [0.3, 0.4) is 0 Å². The highest BCUT2D eigenvalue weighted by Crippen LogP contribution is 2.44. The zero-order valence-electron chi connectivity index (χ0n) is 18.0. The Bertz CT molecular complexity index is 807. The Labute approximate surface area is 175 Å². The smallest absolute Gasteiger partial charge is 0.269 e. The van der Waals surface area contributed by atoms with Crippen LogP contribution >= 0.6 is 0 Å². The van der Waals surface area contributed by atoms with Gasteiger partial charge in [0.2, 0.25) is 0 Å². The van der Waals surface area contributed by atoms with Gasteiger partial charge in [-0.05, 0) is 54.7 Å². The maximum atomic E-state index is 12.8. The van der Waals surface area contributed by atoms with Gasteiger partial charge >= 0.3 is 0 Å². The highest BCUT2D eigenvalue weighted by atomic mass is 16.1. The van der Waals surface area contributed by atoms with Crippen molar-refractivity contribution in [2.75, 3.05) is 6.54 Å². The van der Waals surface area contributed by atoms with Gasteiger partial charge < -0.3 is 5.32 Å². The van der Waals surface area contributed by atoms with E-state index in [4.69, 9.17) is 4.98 Å². The Morgan fingerprint density at radius 2 is 1.72 bits per heavy atom. The summed E-state index contributed by atoms with van der Waals surface area (Å²) < 4.78 is 0. The molecule has 2 aromatic rings. The van der Waals surface area contributed by atoms with Crippen molar-refractivity contribution in [1.82, 2.24) is 10.3 Å². The van der Waals surface area contributed by atoms with Crippen LogP contribution < -0.4 is 5.32 Å². The molecule has 29 heavy (non-hydrogen) atoms. The van der Waals surface area contributed by atoms with E-state index in [0.29, 0.717) is 11.6 Å². The van der Waals surface area contributed by atoms with Crippen molar-refractivity contribution in [2.45, 2.75) is 83.5 Å². The Balaban J connectivity index is 1.64. The second kappa shape index (κ2) is 9.73. The van der Waals surface area contributed by atoms with Gasteiger partial charge in [0, 0.05) is 11.9 Å². The van der Waals surface area contributed by atoms with Crippen LogP contribution in [0.15, 0.2) is 30.3 Å². The molecule has 3 nitrogen and oxygen atoms in total. The molecular weight excluding hydrogens is 356 g/mol. The molecule has 0 unspecified atom stereocenters. The van der Waals surface area contributed by atoms with Crippen LogP contribution in [0, 0.1) is 11.8 Å². The van der Waals surface area contributed by atoms with Gasteiger partial charge in [0.1, 0.15) is 5.69 Å². The molecule has 3 saturated carbocycles. The minimum atomic E-state index is -0.0147. The van der Waals surface area contributed by atoms with E-state index >= 15 is 0 Å². The first-order valence-electron chi connectivity index (χ1n) is 11.9. The normalized spacial score (nSPS) is 24.7. The average molecular weight is 393 g/mol. The van der Waals surface area contributed by atoms with Gasteiger partial charge in [0.25, 0.3) is 5.91 Å². The number of benzene rings is 1. The predicted octanol–water partition coefficient (Wildman–Crippen LogP) is 6.62. The van der Waals surface area contributed by atoms with Gasteiger partial charge in [0.15, 0.2) is 0 Å². The summed E-state index contributed by atoms with van der Waals surface area (Å²) in [6.07, 6.45) is 14.3. The summed E-state index contributed by atoms with van der Waals surface area (Å²) in [6.45, 7) is 2.92. The summed E-state index contributed by atoms with van der Waals surface area (Å²) in [6, 6.07) is 10.5. The van der Waals surface area contributed by atoms with Crippen molar-refractivity contribution in [3.05, 3.63) is 41.6 Å². The number of nitrogens with one attached hydrogen (secondary N) is 1. The van der Waals surface area contributed by atoms with E-state index in [1.165, 1.54) is 62.3 Å². The lowest BCUT2D eigenvalue weighted by molar-refractivity contribution is 0.0948. The fraction of sp³-hybridized carbons (Fsp3) is 0.615. The first kappa shape index (κ1) is 20.4. The molecule has 1 aromatic heterocycles. The van der Waals surface area contributed by atoms with Crippen LogP contribution in [-0.2, 0) is 0 Å². The number of hydrogen-bond acceptors (Lipinski definition) is 2. The minimum Gasteiger partial charge on any atom is -0.351 e. The Morgan fingerprint density at radius 3 is 2.41 bits per heavy atom. The number of unbranched alkanes of at least 4 members (excludes halogenated alkanes) is 2. The zero-order valence-corrected chi connectivity index (χ0v) is 18.0. The highest BCUT2D eigenvalue weighted by molar-refractivity contribution is 5.96. The number of pyridine rings is 1. The molecular formula is C26H36N2O. The SMILES string of the molecule is CCCCCNC(=O)c1cc(C2CC3CCCC(CCC3)C2)c2ccccc2n1. The molecule has 1 heterocycles. The van der Waals surface area contributed by atoms with Gasteiger partial charge in [0.05, 0.1) is 5.52 Å². The van der Waals surface area contributed by atoms with Crippen LogP contribution in [0.2, 0.25) is 0 Å². The Kier molecular flexibility index (Phi) is 6.84. The lowest BCUT2D eigenvalue weighted by atomic mass is 9.71. The molecule has 1 aromatic carbocycles. The number of aromatic nitrogens is 1. The molecule has 2 bridgehead atoms. The number of hydrogen-bond donors (Lipinski definition) is 1. The second-order valence-electron chi connectivity index (χ2n) is 9.34. The number of nitrogens with zero attached hydrogens (tertiary/aromatic N) is 1. The van der Waals surface area contributed by atoms with Crippen molar-refractivity contribution in [3.8, 4) is 0 Å². The molecule has 3 heteroatoms. The summed E-state index contributed by atoms with van der Waals surface area (Å²) in [5.74, 6) is 2.24. The topological polar surface area (TPSA) is 42.0 Å². The molecule has 0 radical (unpaired) electrons. The average Bonchev–Trinajstić information content (AvgIpc) is 2.69. The molecule has 1 N–H and O–H groups in total. The number of rotatable bonds is 6. The molecule has 5 rings (SSSR count). The molecule has 3 aliphatic carbocycles. The van der Waals surface area contributed by atoms with E-state index in [0.717, 1.165) is 43.2 Å². The maximum absolute atomic E-state index is 12.8. The lowest BCUT2D eigenvalue weighted by Gasteiger charge is -2.35. The zero-order chi connectivity index (χ0) is 20.1. The predicted molar refractivity (Wildman–Crippen MR) is 120 cm³/mol. The van der Waals surface area contributed by atoms with Gasteiger partial charge in [-0.15, -0.1) is 0 Å². The quantitative estimate of drug-likeness (QED) is 0.561. The number of fused-ring (bicyclic) bond motifs is 7. The minimum absolute atomic E-state index is 0.0147. The van der Waals surface area contributed by atoms with E-state index in [9.17, 15) is 4.79 Å². The third-order valence-corrected chi connectivity index (χ3v) is 7.17. The van der Waals surface area contributed by atoms with Crippen LogP contribution in [-0.4, -0.2) is 17.4 Å². The highest BCUT2D eigenvalue weighted by Gasteiger charge is 2.29. The third kappa shape index (κ3) is 4.99. The number of para-hydroxylation sites is 1. The Hall–Kier alpha value is -1.90. The third-order valence-electron chi connectivity index (χ3n) is 7.17. The standard InChI is InChI=1S/C26H36N2O/c1-2-3-6-15-27-26(29)25-18-23(22-13-4-5-14-24(22)28-25)21-16-19-9-7-10-20(17-21)12-8-11-19/h4-5,13-14,18-21H,2-3,6-12,15-17H2,1H3,(H,27,29). The van der Waals surface area contributed by atoms with E-state index in [1.807, 2.05) is 6.07 Å². The largest absolute Gasteiger partial charge is 0.351 e. The molecule has 3 fully saturated rings. The monoisotopic (exact) mass is 392 g/mol. The van der Waals surface area contributed by atoms with Crippen molar-refractivity contribution < 1.29 is 4.79 Å². The van der Waals surface area contributed by atoms with Gasteiger partial charge in [-0.2, -0.15) is 0 Å². The first-order chi connectivity index (χ1) is 14.2. The molecule has 156 valence electrons. The summed E-state index contributed by atoms with van der Waals surface area (Å²) >= 11 is 0. The summed E-state index contributed by atoms with van der Waals surface area (Å²) in [5, 5.41) is 4.34. The van der Waals surface area contributed by atoms with Crippen LogP contribution in [0.5, 0.6) is 0 Å². The number of carbonyl (C=O) groups is 1. The van der Waals surface area contributed by atoms with Gasteiger partial charge in [-0.25, -0.2) is 4.98 Å². The molecule has 0 spiro atoms. The van der Waals surface area contributed by atoms with Gasteiger partial charge in [-0.1, -0.05) is 76.5 Å². The number of amides is 1. The van der Waals surface area contributed by atoms with Crippen molar-refractivity contribution in [2.24, 2.45) is 11.8 Å². The van der Waals surface area contributed by atoms with E-state index in [1.54, 1.807) is 0 Å². The maximum Gasteiger partial charge on any atom is 0.269 e.